The van der Waals surface area contributed by atoms with Gasteiger partial charge in [-0.2, -0.15) is 0 Å². The topological polar surface area (TPSA) is 44.5 Å². The number of ether oxygens (including phenoxy) is 2. The molecule has 0 radical (unpaired) electrons. The Kier molecular flexibility index (Phi) is 4.62. The predicted molar refractivity (Wildman–Crippen MR) is 66.1 cm³/mol. The standard InChI is InChI=1S/C13H21NO2/c1-5-11-6-7-12(13(8-11)15-4)16-10(3)9(2)14/h6-10H,5,14H2,1-4H3/t9-,10?/m0/s1. The number of hydrogen-bond acceptors (Lipinski definition) is 3. The Morgan fingerprint density at radius 2 is 1.94 bits per heavy atom. The van der Waals surface area contributed by atoms with Crippen LogP contribution in [0.15, 0.2) is 18.2 Å². The molecular formula is C13H21NO2. The second-order valence-corrected chi connectivity index (χ2v) is 4.02. The third kappa shape index (κ3) is 3.14. The summed E-state index contributed by atoms with van der Waals surface area (Å²) in [5.74, 6) is 1.52. The van der Waals surface area contributed by atoms with Crippen LogP contribution in [0.4, 0.5) is 0 Å². The summed E-state index contributed by atoms with van der Waals surface area (Å²) in [5.41, 5.74) is 7.00. The highest BCUT2D eigenvalue weighted by Gasteiger charge is 2.12. The summed E-state index contributed by atoms with van der Waals surface area (Å²) in [6.45, 7) is 6.00. The van der Waals surface area contributed by atoms with Gasteiger partial charge in [-0.25, -0.2) is 0 Å². The molecule has 0 aliphatic carbocycles. The number of hydrogen-bond donors (Lipinski definition) is 1. The van der Waals surface area contributed by atoms with E-state index in [1.807, 2.05) is 32.0 Å². The predicted octanol–water partition coefficient (Wildman–Crippen LogP) is 2.37. The monoisotopic (exact) mass is 223 g/mol. The lowest BCUT2D eigenvalue weighted by atomic mass is 10.1. The summed E-state index contributed by atoms with van der Waals surface area (Å²) >= 11 is 0. The molecule has 1 unspecified atom stereocenters. The van der Waals surface area contributed by atoms with Gasteiger partial charge in [0.2, 0.25) is 0 Å². The fraction of sp³-hybridized carbons (Fsp3) is 0.538. The fourth-order valence-electron chi connectivity index (χ4n) is 1.34. The van der Waals surface area contributed by atoms with Crippen molar-refractivity contribution in [2.24, 2.45) is 5.73 Å². The summed E-state index contributed by atoms with van der Waals surface area (Å²) in [7, 11) is 1.65. The van der Waals surface area contributed by atoms with Gasteiger partial charge in [0.1, 0.15) is 6.10 Å². The van der Waals surface area contributed by atoms with Crippen LogP contribution in [0.25, 0.3) is 0 Å². The molecule has 2 N–H and O–H groups in total. The fourth-order valence-corrected chi connectivity index (χ4v) is 1.34. The summed E-state index contributed by atoms with van der Waals surface area (Å²) in [4.78, 5) is 0. The van der Waals surface area contributed by atoms with E-state index in [9.17, 15) is 0 Å². The van der Waals surface area contributed by atoms with Crippen molar-refractivity contribution in [2.45, 2.75) is 39.3 Å². The zero-order valence-electron chi connectivity index (χ0n) is 10.5. The van der Waals surface area contributed by atoms with E-state index in [1.54, 1.807) is 7.11 Å². The first-order valence-electron chi connectivity index (χ1n) is 5.67. The van der Waals surface area contributed by atoms with Gasteiger partial charge in [-0.15, -0.1) is 0 Å². The maximum Gasteiger partial charge on any atom is 0.161 e. The molecule has 0 aromatic heterocycles. The van der Waals surface area contributed by atoms with Crippen molar-refractivity contribution >= 4 is 0 Å². The Bertz CT molecular complexity index is 337. The van der Waals surface area contributed by atoms with Crippen molar-refractivity contribution in [1.29, 1.82) is 0 Å². The third-order valence-corrected chi connectivity index (χ3v) is 2.69. The molecule has 1 aromatic rings. The van der Waals surface area contributed by atoms with E-state index < -0.39 is 0 Å². The highest BCUT2D eigenvalue weighted by molar-refractivity contribution is 5.43. The number of methoxy groups -OCH3 is 1. The van der Waals surface area contributed by atoms with Crippen molar-refractivity contribution in [3.05, 3.63) is 23.8 Å². The molecule has 0 aliphatic rings. The molecule has 0 saturated heterocycles. The normalized spacial score (nSPS) is 14.3. The lowest BCUT2D eigenvalue weighted by Crippen LogP contribution is -2.33. The van der Waals surface area contributed by atoms with Crippen LogP contribution in [0, 0.1) is 0 Å². The van der Waals surface area contributed by atoms with E-state index >= 15 is 0 Å². The molecule has 0 bridgehead atoms. The van der Waals surface area contributed by atoms with E-state index in [-0.39, 0.29) is 12.1 Å². The van der Waals surface area contributed by atoms with Gasteiger partial charge in [0, 0.05) is 6.04 Å². The molecule has 0 spiro atoms. The highest BCUT2D eigenvalue weighted by atomic mass is 16.5. The summed E-state index contributed by atoms with van der Waals surface area (Å²) < 4.78 is 11.0. The Morgan fingerprint density at radius 1 is 1.25 bits per heavy atom. The van der Waals surface area contributed by atoms with Crippen LogP contribution >= 0.6 is 0 Å². The van der Waals surface area contributed by atoms with Gasteiger partial charge in [-0.3, -0.25) is 0 Å². The number of aryl methyl sites for hydroxylation is 1. The second kappa shape index (κ2) is 5.75. The van der Waals surface area contributed by atoms with Crippen molar-refractivity contribution < 1.29 is 9.47 Å². The van der Waals surface area contributed by atoms with Gasteiger partial charge in [0.15, 0.2) is 11.5 Å². The minimum Gasteiger partial charge on any atom is -0.493 e. The Balaban J connectivity index is 2.87. The molecule has 0 aliphatic heterocycles. The van der Waals surface area contributed by atoms with Gasteiger partial charge in [0.05, 0.1) is 7.11 Å². The third-order valence-electron chi connectivity index (χ3n) is 2.69. The lowest BCUT2D eigenvalue weighted by Gasteiger charge is -2.20. The van der Waals surface area contributed by atoms with E-state index in [0.717, 1.165) is 17.9 Å². The molecule has 0 amide bonds. The van der Waals surface area contributed by atoms with Crippen molar-refractivity contribution in [3.8, 4) is 11.5 Å². The molecule has 3 nitrogen and oxygen atoms in total. The summed E-state index contributed by atoms with van der Waals surface area (Å²) in [6, 6.07) is 5.99. The van der Waals surface area contributed by atoms with Crippen LogP contribution in [0.1, 0.15) is 26.3 Å². The van der Waals surface area contributed by atoms with Gasteiger partial charge in [-0.1, -0.05) is 13.0 Å². The smallest absolute Gasteiger partial charge is 0.161 e. The molecule has 0 saturated carbocycles. The van der Waals surface area contributed by atoms with Crippen LogP contribution in [0.3, 0.4) is 0 Å². The zero-order chi connectivity index (χ0) is 12.1. The van der Waals surface area contributed by atoms with Crippen LogP contribution in [0.5, 0.6) is 11.5 Å². The lowest BCUT2D eigenvalue weighted by molar-refractivity contribution is 0.188. The highest BCUT2D eigenvalue weighted by Crippen LogP contribution is 2.29. The molecule has 0 fully saturated rings. The number of rotatable bonds is 5. The first-order valence-corrected chi connectivity index (χ1v) is 5.67. The molecular weight excluding hydrogens is 202 g/mol. The average Bonchev–Trinajstić information content (AvgIpc) is 2.29. The molecule has 1 aromatic carbocycles. The van der Waals surface area contributed by atoms with Gasteiger partial charge >= 0.3 is 0 Å². The van der Waals surface area contributed by atoms with Gasteiger partial charge < -0.3 is 15.2 Å². The van der Waals surface area contributed by atoms with E-state index in [2.05, 4.69) is 6.92 Å². The van der Waals surface area contributed by atoms with Crippen LogP contribution < -0.4 is 15.2 Å². The molecule has 0 heterocycles. The quantitative estimate of drug-likeness (QED) is 0.833. The summed E-state index contributed by atoms with van der Waals surface area (Å²) in [6.07, 6.45) is 0.959. The molecule has 1 rings (SSSR count). The Morgan fingerprint density at radius 3 is 2.44 bits per heavy atom. The first-order chi connectivity index (χ1) is 7.58. The Labute approximate surface area is 97.6 Å². The molecule has 3 heteroatoms. The van der Waals surface area contributed by atoms with E-state index in [0.29, 0.717) is 0 Å². The van der Waals surface area contributed by atoms with Crippen LogP contribution in [0.2, 0.25) is 0 Å². The molecule has 16 heavy (non-hydrogen) atoms. The molecule has 2 atom stereocenters. The zero-order valence-corrected chi connectivity index (χ0v) is 10.5. The Hall–Kier alpha value is -1.22. The maximum absolute atomic E-state index is 5.77. The summed E-state index contributed by atoms with van der Waals surface area (Å²) in [5, 5.41) is 0. The SMILES string of the molecule is CCc1ccc(OC(C)[C@H](C)N)c(OC)c1. The average molecular weight is 223 g/mol. The first kappa shape index (κ1) is 12.8. The largest absolute Gasteiger partial charge is 0.493 e. The van der Waals surface area contributed by atoms with Gasteiger partial charge in [-0.05, 0) is 38.0 Å². The second-order valence-electron chi connectivity index (χ2n) is 4.02. The minimum atomic E-state index is -0.0265. The van der Waals surface area contributed by atoms with Crippen LogP contribution in [-0.2, 0) is 6.42 Å². The molecule has 90 valence electrons. The van der Waals surface area contributed by atoms with Crippen LogP contribution in [-0.4, -0.2) is 19.3 Å². The van der Waals surface area contributed by atoms with Gasteiger partial charge in [0.25, 0.3) is 0 Å². The van der Waals surface area contributed by atoms with E-state index in [1.165, 1.54) is 5.56 Å². The number of nitrogens with two attached hydrogens (primary N) is 1. The minimum absolute atomic E-state index is 0.00411. The van der Waals surface area contributed by atoms with Crippen molar-refractivity contribution in [3.63, 3.8) is 0 Å². The maximum atomic E-state index is 5.77. The number of benzene rings is 1. The van der Waals surface area contributed by atoms with Crippen molar-refractivity contribution in [2.75, 3.05) is 7.11 Å². The van der Waals surface area contributed by atoms with E-state index in [4.69, 9.17) is 15.2 Å². The van der Waals surface area contributed by atoms with Crippen molar-refractivity contribution in [1.82, 2.24) is 0 Å².